The fraction of sp³-hybridized carbons (Fsp3) is 0.455. The summed E-state index contributed by atoms with van der Waals surface area (Å²) in [5, 5.41) is 22.8. The molecule has 6 nitrogen and oxygen atoms in total. The summed E-state index contributed by atoms with van der Waals surface area (Å²) in [5.41, 5.74) is 2.47. The van der Waals surface area contributed by atoms with E-state index in [4.69, 9.17) is 4.74 Å². The zero-order chi connectivity index (χ0) is 19.3. The Labute approximate surface area is 163 Å². The van der Waals surface area contributed by atoms with Crippen LogP contribution in [0.15, 0.2) is 48.9 Å². The topological polar surface area (TPSA) is 80.4 Å². The number of benzene rings is 1. The third kappa shape index (κ3) is 2.67. The molecule has 5 rings (SSSR count). The quantitative estimate of drug-likeness (QED) is 0.716. The third-order valence-electron chi connectivity index (χ3n) is 6.67. The van der Waals surface area contributed by atoms with Gasteiger partial charge in [-0.25, -0.2) is 9.97 Å². The molecule has 146 valence electrons. The molecule has 1 aromatic carbocycles. The molecule has 0 amide bonds. The van der Waals surface area contributed by atoms with Gasteiger partial charge in [-0.05, 0) is 37.8 Å². The average molecular weight is 379 g/mol. The van der Waals surface area contributed by atoms with E-state index in [1.165, 1.54) is 5.56 Å². The molecule has 28 heavy (non-hydrogen) atoms. The van der Waals surface area contributed by atoms with Crippen LogP contribution in [0.1, 0.15) is 42.7 Å². The Bertz CT molecular complexity index is 979. The van der Waals surface area contributed by atoms with Crippen molar-refractivity contribution in [2.45, 2.75) is 50.5 Å². The first kappa shape index (κ1) is 17.8. The minimum absolute atomic E-state index is 0.0537. The number of aryl methyl sites for hydroxylation is 1. The molecule has 2 aromatic heterocycles. The SMILES string of the molecule is Cc1ncnc2c1ccn2[C@@H]1C[C@]2(CC[C@H](c3ccccc3)OC2)[C@@H](O)[C@H]1O. The highest BCUT2D eigenvalue weighted by Gasteiger charge is 2.55. The lowest BCUT2D eigenvalue weighted by molar-refractivity contribution is -0.120. The van der Waals surface area contributed by atoms with Crippen LogP contribution in [0.4, 0.5) is 0 Å². The van der Waals surface area contributed by atoms with Crippen molar-refractivity contribution in [2.75, 3.05) is 6.61 Å². The number of hydrogen-bond donors (Lipinski definition) is 2. The Morgan fingerprint density at radius 2 is 1.96 bits per heavy atom. The summed E-state index contributed by atoms with van der Waals surface area (Å²) in [6.45, 7) is 2.41. The Balaban J connectivity index is 1.40. The predicted octanol–water partition coefficient (Wildman–Crippen LogP) is 2.94. The van der Waals surface area contributed by atoms with E-state index in [0.717, 1.165) is 29.6 Å². The monoisotopic (exact) mass is 379 g/mol. The average Bonchev–Trinajstić information content (AvgIpc) is 3.26. The van der Waals surface area contributed by atoms with Gasteiger partial charge >= 0.3 is 0 Å². The van der Waals surface area contributed by atoms with E-state index in [0.29, 0.717) is 13.0 Å². The van der Waals surface area contributed by atoms with Gasteiger partial charge in [-0.3, -0.25) is 0 Å². The molecular weight excluding hydrogens is 354 g/mol. The van der Waals surface area contributed by atoms with E-state index in [1.54, 1.807) is 6.33 Å². The molecule has 1 saturated heterocycles. The van der Waals surface area contributed by atoms with Crippen LogP contribution in [0.3, 0.4) is 0 Å². The minimum Gasteiger partial charge on any atom is -0.390 e. The molecule has 0 radical (unpaired) electrons. The van der Waals surface area contributed by atoms with Crippen molar-refractivity contribution < 1.29 is 14.9 Å². The highest BCUT2D eigenvalue weighted by atomic mass is 16.5. The highest BCUT2D eigenvalue weighted by Crippen LogP contribution is 2.52. The first-order valence-electron chi connectivity index (χ1n) is 9.90. The molecule has 1 spiro atoms. The molecule has 5 atom stereocenters. The van der Waals surface area contributed by atoms with Gasteiger partial charge in [-0.15, -0.1) is 0 Å². The lowest BCUT2D eigenvalue weighted by Gasteiger charge is -2.40. The maximum atomic E-state index is 10.9. The van der Waals surface area contributed by atoms with Crippen LogP contribution < -0.4 is 0 Å². The summed E-state index contributed by atoms with van der Waals surface area (Å²) in [5.74, 6) is 0. The first-order valence-corrected chi connectivity index (χ1v) is 9.90. The predicted molar refractivity (Wildman–Crippen MR) is 105 cm³/mol. The molecule has 1 aliphatic heterocycles. The van der Waals surface area contributed by atoms with E-state index in [-0.39, 0.29) is 12.1 Å². The van der Waals surface area contributed by atoms with Crippen molar-refractivity contribution in [3.8, 4) is 0 Å². The van der Waals surface area contributed by atoms with E-state index < -0.39 is 17.6 Å². The zero-order valence-corrected chi connectivity index (χ0v) is 15.9. The van der Waals surface area contributed by atoms with Crippen molar-refractivity contribution in [3.63, 3.8) is 0 Å². The minimum atomic E-state index is -0.845. The maximum Gasteiger partial charge on any atom is 0.143 e. The largest absolute Gasteiger partial charge is 0.390 e. The smallest absolute Gasteiger partial charge is 0.143 e. The standard InChI is InChI=1S/C22H25N3O3/c1-14-16-8-10-25(21(16)24-13-23-14)17-11-22(20(27)19(17)26)9-7-18(28-12-22)15-5-3-2-4-6-15/h2-6,8,10,13,17-20,26-27H,7,9,11-12H2,1H3/t17-,18-,19+,20+,22+/m1/s1. The summed E-state index contributed by atoms with van der Waals surface area (Å²) in [6, 6.07) is 12.0. The van der Waals surface area contributed by atoms with Crippen LogP contribution in [-0.4, -0.2) is 43.6 Å². The molecule has 3 aromatic rings. The molecule has 0 bridgehead atoms. The molecule has 2 aliphatic rings. The van der Waals surface area contributed by atoms with E-state index in [1.807, 2.05) is 42.0 Å². The third-order valence-corrected chi connectivity index (χ3v) is 6.67. The second kappa shape index (κ2) is 6.65. The summed E-state index contributed by atoms with van der Waals surface area (Å²) in [7, 11) is 0. The van der Waals surface area contributed by atoms with Gasteiger partial charge in [0.2, 0.25) is 0 Å². The van der Waals surface area contributed by atoms with Crippen molar-refractivity contribution in [2.24, 2.45) is 5.41 Å². The van der Waals surface area contributed by atoms with Gasteiger partial charge in [-0.1, -0.05) is 30.3 Å². The van der Waals surface area contributed by atoms with E-state index in [2.05, 4.69) is 22.1 Å². The molecule has 0 unspecified atom stereocenters. The van der Waals surface area contributed by atoms with Gasteiger partial charge in [0.1, 0.15) is 18.1 Å². The van der Waals surface area contributed by atoms with Crippen LogP contribution >= 0.6 is 0 Å². The van der Waals surface area contributed by atoms with Gasteiger partial charge < -0.3 is 19.5 Å². The van der Waals surface area contributed by atoms with Crippen molar-refractivity contribution in [1.29, 1.82) is 0 Å². The Morgan fingerprint density at radius 1 is 1.14 bits per heavy atom. The fourth-order valence-electron chi connectivity index (χ4n) is 5.02. The number of aromatic nitrogens is 3. The van der Waals surface area contributed by atoms with Gasteiger partial charge in [0, 0.05) is 17.0 Å². The first-order chi connectivity index (χ1) is 13.6. The molecule has 2 N–H and O–H groups in total. The highest BCUT2D eigenvalue weighted by molar-refractivity contribution is 5.78. The van der Waals surface area contributed by atoms with Crippen LogP contribution in [0.5, 0.6) is 0 Å². The number of ether oxygens (including phenoxy) is 1. The number of aliphatic hydroxyl groups is 2. The molecule has 2 fully saturated rings. The van der Waals surface area contributed by atoms with Gasteiger partial charge in [-0.2, -0.15) is 0 Å². The summed E-state index contributed by atoms with van der Waals surface area (Å²) >= 11 is 0. The van der Waals surface area contributed by atoms with Crippen molar-refractivity contribution >= 4 is 11.0 Å². The lowest BCUT2D eigenvalue weighted by atomic mass is 9.77. The number of fused-ring (bicyclic) bond motifs is 1. The number of nitrogens with zero attached hydrogens (tertiary/aromatic N) is 3. The van der Waals surface area contributed by atoms with Crippen LogP contribution in [0.25, 0.3) is 11.0 Å². The van der Waals surface area contributed by atoms with Crippen molar-refractivity contribution in [1.82, 2.24) is 14.5 Å². The molecule has 1 aliphatic carbocycles. The molecular formula is C22H25N3O3. The van der Waals surface area contributed by atoms with Crippen LogP contribution in [0, 0.1) is 12.3 Å². The molecule has 3 heterocycles. The summed E-state index contributed by atoms with van der Waals surface area (Å²) in [4.78, 5) is 8.66. The second-order valence-corrected chi connectivity index (χ2v) is 8.24. The van der Waals surface area contributed by atoms with E-state index in [9.17, 15) is 10.2 Å². The maximum absolute atomic E-state index is 10.9. The number of aliphatic hydroxyl groups excluding tert-OH is 2. The lowest BCUT2D eigenvalue weighted by Crippen LogP contribution is -2.42. The van der Waals surface area contributed by atoms with Gasteiger partial charge in [0.05, 0.1) is 30.6 Å². The van der Waals surface area contributed by atoms with Crippen LogP contribution in [-0.2, 0) is 4.74 Å². The Hall–Kier alpha value is -2.28. The molecule has 1 saturated carbocycles. The van der Waals surface area contributed by atoms with Crippen molar-refractivity contribution in [3.05, 3.63) is 60.2 Å². The number of rotatable bonds is 2. The summed E-state index contributed by atoms with van der Waals surface area (Å²) < 4.78 is 8.18. The fourth-order valence-corrected chi connectivity index (χ4v) is 5.02. The van der Waals surface area contributed by atoms with E-state index >= 15 is 0 Å². The molecule has 6 heteroatoms. The normalized spacial score (nSPS) is 33.0. The number of hydrogen-bond acceptors (Lipinski definition) is 5. The van der Waals surface area contributed by atoms with Crippen LogP contribution in [0.2, 0.25) is 0 Å². The second-order valence-electron chi connectivity index (χ2n) is 8.24. The summed E-state index contributed by atoms with van der Waals surface area (Å²) in [6.07, 6.45) is 4.24. The zero-order valence-electron chi connectivity index (χ0n) is 15.9. The van der Waals surface area contributed by atoms with Gasteiger partial charge in [0.25, 0.3) is 0 Å². The van der Waals surface area contributed by atoms with Gasteiger partial charge in [0.15, 0.2) is 0 Å². The Kier molecular flexibility index (Phi) is 4.23. The Morgan fingerprint density at radius 3 is 2.71 bits per heavy atom.